The standard InChI is InChI=1S/C23H36N2O5S/c1-4-9-15(3)24(12-5-2)21(28)19-23-11-10-16(31-23)17(22(29)30)18(23)20(27)25(19)13-7-6-8-14-26/h5,15-19,26H,2,4,6-14H2,1,3H3,(H,29,30)/t15?,16-,17+,18+,19?,23?/m1/s1. The highest BCUT2D eigenvalue weighted by atomic mass is 32.2. The lowest BCUT2D eigenvalue weighted by Gasteiger charge is -2.39. The van der Waals surface area contributed by atoms with Crippen LogP contribution in [0.15, 0.2) is 12.7 Å². The number of nitrogens with zero attached hydrogens (tertiary/aromatic N) is 2. The average molecular weight is 453 g/mol. The lowest BCUT2D eigenvalue weighted by molar-refractivity contribution is -0.148. The van der Waals surface area contributed by atoms with Crippen molar-refractivity contribution in [1.82, 2.24) is 9.80 Å². The fourth-order valence-corrected chi connectivity index (χ4v) is 8.09. The van der Waals surface area contributed by atoms with Gasteiger partial charge in [-0.1, -0.05) is 19.4 Å². The zero-order valence-electron chi connectivity index (χ0n) is 18.7. The summed E-state index contributed by atoms with van der Waals surface area (Å²) in [4.78, 5) is 43.1. The predicted octanol–water partition coefficient (Wildman–Crippen LogP) is 2.53. The molecule has 2 N–H and O–H groups in total. The normalized spacial score (nSPS) is 32.2. The van der Waals surface area contributed by atoms with Crippen molar-refractivity contribution in [2.45, 2.75) is 80.9 Å². The van der Waals surface area contributed by atoms with Gasteiger partial charge in [0.05, 0.1) is 16.6 Å². The van der Waals surface area contributed by atoms with Crippen molar-refractivity contribution in [3.8, 4) is 0 Å². The second-order valence-corrected chi connectivity index (χ2v) is 10.7. The number of likely N-dealkylation sites (tertiary alicyclic amines) is 1. The zero-order valence-corrected chi connectivity index (χ0v) is 19.5. The molecule has 0 aromatic rings. The Hall–Kier alpha value is -1.54. The van der Waals surface area contributed by atoms with Crippen LogP contribution in [0.5, 0.6) is 0 Å². The van der Waals surface area contributed by atoms with Crippen molar-refractivity contribution in [2.24, 2.45) is 11.8 Å². The number of aliphatic carboxylic acids is 1. The van der Waals surface area contributed by atoms with Gasteiger partial charge in [-0.25, -0.2) is 0 Å². The summed E-state index contributed by atoms with van der Waals surface area (Å²) in [5, 5.41) is 18.9. The molecule has 7 nitrogen and oxygen atoms in total. The summed E-state index contributed by atoms with van der Waals surface area (Å²) >= 11 is 1.58. The molecule has 0 aliphatic carbocycles. The average Bonchev–Trinajstić information content (AvgIpc) is 3.36. The Bertz CT molecular complexity index is 716. The molecule has 0 aromatic carbocycles. The molecule has 3 heterocycles. The summed E-state index contributed by atoms with van der Waals surface area (Å²) in [7, 11) is 0. The van der Waals surface area contributed by atoms with E-state index >= 15 is 0 Å². The second-order valence-electron chi connectivity index (χ2n) is 9.13. The number of unbranched alkanes of at least 4 members (excludes halogenated alkanes) is 2. The Labute approximate surface area is 189 Å². The zero-order chi connectivity index (χ0) is 22.8. The highest BCUT2D eigenvalue weighted by Gasteiger charge is 2.73. The molecule has 3 aliphatic rings. The summed E-state index contributed by atoms with van der Waals surface area (Å²) in [6.07, 6.45) is 7.08. The van der Waals surface area contributed by atoms with Gasteiger partial charge in [-0.3, -0.25) is 14.4 Å². The molecule has 8 heteroatoms. The number of carboxylic acids is 1. The Kier molecular flexibility index (Phi) is 7.73. The second kappa shape index (κ2) is 9.94. The van der Waals surface area contributed by atoms with Crippen LogP contribution in [-0.2, 0) is 14.4 Å². The van der Waals surface area contributed by atoms with Gasteiger partial charge in [0.1, 0.15) is 6.04 Å². The first kappa shape index (κ1) is 24.1. The van der Waals surface area contributed by atoms with Gasteiger partial charge in [0.2, 0.25) is 11.8 Å². The molecule has 31 heavy (non-hydrogen) atoms. The number of fused-ring (bicyclic) bond motifs is 1. The summed E-state index contributed by atoms with van der Waals surface area (Å²) in [6, 6.07) is -0.603. The summed E-state index contributed by atoms with van der Waals surface area (Å²) < 4.78 is -0.649. The predicted molar refractivity (Wildman–Crippen MR) is 121 cm³/mol. The number of carbonyl (C=O) groups excluding carboxylic acids is 2. The van der Waals surface area contributed by atoms with Crippen molar-refractivity contribution >= 4 is 29.5 Å². The van der Waals surface area contributed by atoms with Gasteiger partial charge in [0.25, 0.3) is 0 Å². The van der Waals surface area contributed by atoms with E-state index in [0.717, 1.165) is 25.7 Å². The minimum Gasteiger partial charge on any atom is -0.481 e. The van der Waals surface area contributed by atoms with E-state index in [1.54, 1.807) is 22.7 Å². The molecule has 6 atom stereocenters. The van der Waals surface area contributed by atoms with Crippen LogP contribution in [0.1, 0.15) is 58.8 Å². The van der Waals surface area contributed by atoms with Gasteiger partial charge in [0.15, 0.2) is 0 Å². The fraction of sp³-hybridized carbons (Fsp3) is 0.783. The molecule has 3 unspecified atom stereocenters. The number of carboxylic acid groups (broad SMARTS) is 1. The van der Waals surface area contributed by atoms with E-state index in [1.165, 1.54) is 0 Å². The quantitative estimate of drug-likeness (QED) is 0.349. The van der Waals surface area contributed by atoms with Gasteiger partial charge in [-0.15, -0.1) is 18.3 Å². The Morgan fingerprint density at radius 3 is 2.74 bits per heavy atom. The van der Waals surface area contributed by atoms with Crippen molar-refractivity contribution in [1.29, 1.82) is 0 Å². The monoisotopic (exact) mass is 452 g/mol. The highest BCUT2D eigenvalue weighted by molar-refractivity contribution is 8.02. The van der Waals surface area contributed by atoms with E-state index < -0.39 is 28.6 Å². The summed E-state index contributed by atoms with van der Waals surface area (Å²) in [5.74, 6) is -2.52. The SMILES string of the molecule is C=CCN(C(=O)C1N(CCCCCO)C(=O)[C@@H]2[C@@H](C(=O)O)[C@H]3CCC12S3)C(C)CCC. The largest absolute Gasteiger partial charge is 0.481 e. The van der Waals surface area contributed by atoms with Crippen LogP contribution in [0.4, 0.5) is 0 Å². The van der Waals surface area contributed by atoms with Crippen LogP contribution >= 0.6 is 11.8 Å². The van der Waals surface area contributed by atoms with Crippen LogP contribution in [-0.4, -0.2) is 79.6 Å². The first-order valence-corrected chi connectivity index (χ1v) is 12.4. The topological polar surface area (TPSA) is 98.2 Å². The number of aliphatic hydroxyl groups is 1. The maximum absolute atomic E-state index is 14.0. The molecule has 0 radical (unpaired) electrons. The molecule has 3 saturated heterocycles. The third-order valence-electron chi connectivity index (χ3n) is 7.22. The van der Waals surface area contributed by atoms with Crippen molar-refractivity contribution in [3.05, 3.63) is 12.7 Å². The number of carbonyl (C=O) groups is 3. The van der Waals surface area contributed by atoms with Gasteiger partial charge in [-0.05, 0) is 45.4 Å². The van der Waals surface area contributed by atoms with E-state index in [0.29, 0.717) is 32.4 Å². The Balaban J connectivity index is 1.96. The first-order chi connectivity index (χ1) is 14.8. The number of hydrogen-bond donors (Lipinski definition) is 2. The molecule has 2 amide bonds. The molecular weight excluding hydrogens is 416 g/mol. The number of hydrogen-bond acceptors (Lipinski definition) is 5. The molecule has 0 aromatic heterocycles. The van der Waals surface area contributed by atoms with Crippen molar-refractivity contribution < 1.29 is 24.6 Å². The molecule has 3 fully saturated rings. The van der Waals surface area contributed by atoms with Crippen LogP contribution in [0.25, 0.3) is 0 Å². The molecular formula is C23H36N2O5S. The summed E-state index contributed by atoms with van der Waals surface area (Å²) in [5.41, 5.74) is 0. The first-order valence-electron chi connectivity index (χ1n) is 11.6. The number of aliphatic hydroxyl groups excluding tert-OH is 1. The smallest absolute Gasteiger partial charge is 0.308 e. The number of thioether (sulfide) groups is 1. The van der Waals surface area contributed by atoms with Gasteiger partial charge in [0, 0.05) is 31.0 Å². The van der Waals surface area contributed by atoms with Crippen molar-refractivity contribution in [3.63, 3.8) is 0 Å². The molecule has 174 valence electrons. The number of rotatable bonds is 12. The lowest BCUT2D eigenvalue weighted by atomic mass is 9.71. The molecule has 3 aliphatic heterocycles. The van der Waals surface area contributed by atoms with Gasteiger partial charge >= 0.3 is 5.97 Å². The minimum atomic E-state index is -0.923. The molecule has 1 spiro atoms. The van der Waals surface area contributed by atoms with Crippen LogP contribution in [0.3, 0.4) is 0 Å². The Morgan fingerprint density at radius 2 is 2.13 bits per heavy atom. The number of amides is 2. The fourth-order valence-electron chi connectivity index (χ4n) is 5.88. The third kappa shape index (κ3) is 4.13. The van der Waals surface area contributed by atoms with E-state index in [-0.39, 0.29) is 29.7 Å². The van der Waals surface area contributed by atoms with E-state index in [2.05, 4.69) is 13.5 Å². The van der Waals surface area contributed by atoms with Crippen molar-refractivity contribution in [2.75, 3.05) is 19.7 Å². The lowest BCUT2D eigenvalue weighted by Crippen LogP contribution is -2.56. The third-order valence-corrected chi connectivity index (χ3v) is 9.18. The van der Waals surface area contributed by atoms with Gasteiger partial charge in [-0.2, -0.15) is 0 Å². The maximum atomic E-state index is 14.0. The molecule has 3 rings (SSSR count). The van der Waals surface area contributed by atoms with E-state index in [1.807, 2.05) is 11.8 Å². The van der Waals surface area contributed by atoms with Crippen LogP contribution in [0.2, 0.25) is 0 Å². The van der Waals surface area contributed by atoms with Crippen LogP contribution in [0, 0.1) is 11.8 Å². The van der Waals surface area contributed by atoms with Crippen LogP contribution < -0.4 is 0 Å². The molecule has 0 saturated carbocycles. The minimum absolute atomic E-state index is 0.0242. The Morgan fingerprint density at radius 1 is 1.39 bits per heavy atom. The maximum Gasteiger partial charge on any atom is 0.308 e. The van der Waals surface area contributed by atoms with E-state index in [9.17, 15) is 19.5 Å². The highest BCUT2D eigenvalue weighted by Crippen LogP contribution is 2.66. The molecule has 2 bridgehead atoms. The summed E-state index contributed by atoms with van der Waals surface area (Å²) in [6.45, 7) is 8.88. The van der Waals surface area contributed by atoms with Gasteiger partial charge < -0.3 is 20.0 Å². The van der Waals surface area contributed by atoms with E-state index in [4.69, 9.17) is 5.11 Å².